The first-order valence-electron chi connectivity index (χ1n) is 4.54. The molecule has 1 aliphatic heterocycles. The van der Waals surface area contributed by atoms with Crippen molar-refractivity contribution in [2.45, 2.75) is 32.1 Å². The fourth-order valence-electron chi connectivity index (χ4n) is 2.19. The number of ether oxygens (including phenoxy) is 1. The summed E-state index contributed by atoms with van der Waals surface area (Å²) in [6.07, 6.45) is 6.09. The van der Waals surface area contributed by atoms with Crippen LogP contribution in [0.5, 0.6) is 0 Å². The Hall–Kier alpha value is -0.530. The highest BCUT2D eigenvalue weighted by Crippen LogP contribution is 2.34. The first-order chi connectivity index (χ1) is 5.38. The van der Waals surface area contributed by atoms with Gasteiger partial charge in [-0.1, -0.05) is 19.3 Å². The predicted octanol–water partition coefficient (Wildman–Crippen LogP) is 1.74. The van der Waals surface area contributed by atoms with E-state index < -0.39 is 0 Å². The summed E-state index contributed by atoms with van der Waals surface area (Å²) in [4.78, 5) is 11.1. The van der Waals surface area contributed by atoms with Crippen molar-refractivity contribution < 1.29 is 9.53 Å². The average molecular weight is 154 g/mol. The number of hydrogen-bond acceptors (Lipinski definition) is 2. The van der Waals surface area contributed by atoms with Crippen molar-refractivity contribution in [3.8, 4) is 0 Å². The minimum atomic E-state index is 0.0666. The molecule has 2 fully saturated rings. The first-order valence-corrected chi connectivity index (χ1v) is 4.54. The van der Waals surface area contributed by atoms with Gasteiger partial charge in [0.05, 0.1) is 12.5 Å². The van der Waals surface area contributed by atoms with Gasteiger partial charge in [0.15, 0.2) is 0 Å². The van der Waals surface area contributed by atoms with E-state index in [2.05, 4.69) is 0 Å². The second-order valence-corrected chi connectivity index (χ2v) is 3.63. The van der Waals surface area contributed by atoms with Gasteiger partial charge in [-0.05, 0) is 12.8 Å². The molecule has 62 valence electrons. The molecule has 0 aromatic carbocycles. The zero-order valence-electron chi connectivity index (χ0n) is 6.71. The summed E-state index contributed by atoms with van der Waals surface area (Å²) in [5.74, 6) is 0.888. The van der Waals surface area contributed by atoms with Gasteiger partial charge in [0.2, 0.25) is 0 Å². The Kier molecular flexibility index (Phi) is 1.84. The summed E-state index contributed by atoms with van der Waals surface area (Å²) in [6, 6.07) is 0. The molecule has 0 radical (unpaired) electrons. The maximum Gasteiger partial charge on any atom is 0.309 e. The van der Waals surface area contributed by atoms with Gasteiger partial charge in [-0.2, -0.15) is 0 Å². The van der Waals surface area contributed by atoms with Crippen LogP contribution in [0.25, 0.3) is 0 Å². The molecule has 1 saturated carbocycles. The first kappa shape index (κ1) is 7.14. The van der Waals surface area contributed by atoms with Gasteiger partial charge in [0.25, 0.3) is 0 Å². The van der Waals surface area contributed by atoms with Crippen molar-refractivity contribution in [3.63, 3.8) is 0 Å². The number of carbonyl (C=O) groups excluding carboxylic acids is 1. The number of rotatable bonds is 0. The molecule has 0 aromatic rings. The second kappa shape index (κ2) is 2.84. The standard InChI is InChI=1S/C9H14O2/c10-9-8-5-3-1-2-4-7(8)6-11-9/h7-8H,1-6H2/t7-,8-/m0/s1. The molecule has 2 rings (SSSR count). The molecule has 1 heterocycles. The molecule has 0 aromatic heterocycles. The molecule has 0 N–H and O–H groups in total. The van der Waals surface area contributed by atoms with Crippen molar-refractivity contribution in [3.05, 3.63) is 0 Å². The van der Waals surface area contributed by atoms with E-state index in [-0.39, 0.29) is 11.9 Å². The molecular formula is C9H14O2. The third-order valence-corrected chi connectivity index (χ3v) is 2.90. The molecule has 2 atom stereocenters. The summed E-state index contributed by atoms with van der Waals surface area (Å²) in [5.41, 5.74) is 0. The van der Waals surface area contributed by atoms with Crippen molar-refractivity contribution in [1.82, 2.24) is 0 Å². The SMILES string of the molecule is O=C1OC[C@@H]2CCCCC[C@H]12. The van der Waals surface area contributed by atoms with Crippen LogP contribution >= 0.6 is 0 Å². The third kappa shape index (κ3) is 1.26. The molecule has 0 amide bonds. The lowest BCUT2D eigenvalue weighted by molar-refractivity contribution is -0.141. The summed E-state index contributed by atoms with van der Waals surface area (Å²) in [7, 11) is 0. The Morgan fingerprint density at radius 2 is 2.00 bits per heavy atom. The molecule has 0 unspecified atom stereocenters. The number of hydrogen-bond donors (Lipinski definition) is 0. The maximum atomic E-state index is 11.1. The number of esters is 1. The quantitative estimate of drug-likeness (QED) is 0.497. The number of cyclic esters (lactones) is 1. The minimum Gasteiger partial charge on any atom is -0.465 e. The van der Waals surface area contributed by atoms with Gasteiger partial charge in [0, 0.05) is 5.92 Å². The summed E-state index contributed by atoms with van der Waals surface area (Å²) in [5, 5.41) is 0. The van der Waals surface area contributed by atoms with Gasteiger partial charge in [-0.15, -0.1) is 0 Å². The van der Waals surface area contributed by atoms with E-state index in [0.29, 0.717) is 12.5 Å². The van der Waals surface area contributed by atoms with Gasteiger partial charge in [-0.3, -0.25) is 4.79 Å². The van der Waals surface area contributed by atoms with Crippen molar-refractivity contribution >= 4 is 5.97 Å². The van der Waals surface area contributed by atoms with Crippen molar-refractivity contribution in [2.75, 3.05) is 6.61 Å². The van der Waals surface area contributed by atoms with E-state index in [1.54, 1.807) is 0 Å². The molecule has 2 nitrogen and oxygen atoms in total. The monoisotopic (exact) mass is 154 g/mol. The number of carbonyl (C=O) groups is 1. The molecular weight excluding hydrogens is 140 g/mol. The predicted molar refractivity (Wildman–Crippen MR) is 41.0 cm³/mol. The lowest BCUT2D eigenvalue weighted by Crippen LogP contribution is -2.13. The maximum absolute atomic E-state index is 11.1. The molecule has 11 heavy (non-hydrogen) atoms. The molecule has 2 aliphatic rings. The van der Waals surface area contributed by atoms with Crippen LogP contribution in [0.3, 0.4) is 0 Å². The Morgan fingerprint density at radius 3 is 2.91 bits per heavy atom. The minimum absolute atomic E-state index is 0.0666. The van der Waals surface area contributed by atoms with Crippen LogP contribution in [0, 0.1) is 11.8 Å². The lowest BCUT2D eigenvalue weighted by Gasteiger charge is -2.08. The van der Waals surface area contributed by atoms with Crippen LogP contribution in [-0.4, -0.2) is 12.6 Å². The lowest BCUT2D eigenvalue weighted by atomic mass is 9.91. The Balaban J connectivity index is 2.06. The summed E-state index contributed by atoms with van der Waals surface area (Å²) in [6.45, 7) is 0.698. The smallest absolute Gasteiger partial charge is 0.309 e. The third-order valence-electron chi connectivity index (χ3n) is 2.90. The molecule has 1 aliphatic carbocycles. The molecule has 1 saturated heterocycles. The van der Waals surface area contributed by atoms with E-state index in [0.717, 1.165) is 6.42 Å². The zero-order valence-corrected chi connectivity index (χ0v) is 6.71. The largest absolute Gasteiger partial charge is 0.465 e. The Bertz CT molecular complexity index is 165. The zero-order chi connectivity index (χ0) is 7.68. The van der Waals surface area contributed by atoms with E-state index in [1.807, 2.05) is 0 Å². The topological polar surface area (TPSA) is 26.3 Å². The van der Waals surface area contributed by atoms with Crippen LogP contribution < -0.4 is 0 Å². The van der Waals surface area contributed by atoms with E-state index in [4.69, 9.17) is 4.74 Å². The Labute approximate surface area is 66.9 Å². The van der Waals surface area contributed by atoms with Crippen LogP contribution in [0.4, 0.5) is 0 Å². The van der Waals surface area contributed by atoms with Crippen LogP contribution in [-0.2, 0) is 9.53 Å². The van der Waals surface area contributed by atoms with Gasteiger partial charge < -0.3 is 4.74 Å². The van der Waals surface area contributed by atoms with Gasteiger partial charge >= 0.3 is 5.97 Å². The van der Waals surface area contributed by atoms with Crippen LogP contribution in [0.1, 0.15) is 32.1 Å². The fraction of sp³-hybridized carbons (Fsp3) is 0.889. The molecule has 0 spiro atoms. The fourth-order valence-corrected chi connectivity index (χ4v) is 2.19. The van der Waals surface area contributed by atoms with E-state index in [9.17, 15) is 4.79 Å². The van der Waals surface area contributed by atoms with Gasteiger partial charge in [-0.25, -0.2) is 0 Å². The van der Waals surface area contributed by atoms with Crippen molar-refractivity contribution in [1.29, 1.82) is 0 Å². The van der Waals surface area contributed by atoms with E-state index >= 15 is 0 Å². The normalized spacial score (nSPS) is 37.6. The van der Waals surface area contributed by atoms with Crippen molar-refractivity contribution in [2.24, 2.45) is 11.8 Å². The number of fused-ring (bicyclic) bond motifs is 1. The highest BCUT2D eigenvalue weighted by Gasteiger charge is 2.36. The highest BCUT2D eigenvalue weighted by molar-refractivity contribution is 5.74. The molecule has 0 bridgehead atoms. The second-order valence-electron chi connectivity index (χ2n) is 3.63. The average Bonchev–Trinajstić information content (AvgIpc) is 2.25. The molecule has 2 heteroatoms. The van der Waals surface area contributed by atoms with Crippen LogP contribution in [0.2, 0.25) is 0 Å². The summed E-state index contributed by atoms with van der Waals surface area (Å²) >= 11 is 0. The van der Waals surface area contributed by atoms with E-state index in [1.165, 1.54) is 25.7 Å². The summed E-state index contributed by atoms with van der Waals surface area (Å²) < 4.78 is 5.02. The van der Waals surface area contributed by atoms with Crippen LogP contribution in [0.15, 0.2) is 0 Å². The van der Waals surface area contributed by atoms with Gasteiger partial charge in [0.1, 0.15) is 0 Å². The Morgan fingerprint density at radius 1 is 1.18 bits per heavy atom. The highest BCUT2D eigenvalue weighted by atomic mass is 16.5.